The third kappa shape index (κ3) is 7.89. The Balaban J connectivity index is 0.000000640. The van der Waals surface area contributed by atoms with E-state index in [0.717, 1.165) is 18.8 Å². The molecule has 0 aliphatic carbocycles. The maximum atomic E-state index is 9.06. The van der Waals surface area contributed by atoms with Crippen LogP contribution >= 0.6 is 11.9 Å². The molecule has 0 saturated carbocycles. The van der Waals surface area contributed by atoms with E-state index >= 15 is 0 Å². The second-order valence-corrected chi connectivity index (χ2v) is 8.10. The van der Waals surface area contributed by atoms with Crippen molar-refractivity contribution in [3.05, 3.63) is 72.3 Å². The number of hydrogen-bond donors (Lipinski definition) is 1. The van der Waals surface area contributed by atoms with E-state index in [1.807, 2.05) is 7.05 Å². The van der Waals surface area contributed by atoms with Crippen LogP contribution < -0.4 is 5.32 Å². The molecule has 4 nitrogen and oxygen atoms in total. The van der Waals surface area contributed by atoms with Crippen LogP contribution in [0.2, 0.25) is 0 Å². The van der Waals surface area contributed by atoms with Crippen LogP contribution in [0.4, 0.5) is 5.69 Å². The van der Waals surface area contributed by atoms with Crippen molar-refractivity contribution in [2.75, 3.05) is 32.5 Å². The Hall–Kier alpha value is -2.08. The Morgan fingerprint density at radius 3 is 2.39 bits per heavy atom. The summed E-state index contributed by atoms with van der Waals surface area (Å²) in [4.78, 5) is 12.9. The minimum atomic E-state index is 0.639. The predicted octanol–water partition coefficient (Wildman–Crippen LogP) is 4.83. The molecule has 1 fully saturated rings. The molecule has 0 atom stereocenters. The van der Waals surface area contributed by atoms with Crippen molar-refractivity contribution < 1.29 is 4.79 Å². The third-order valence-corrected chi connectivity index (χ3v) is 5.43. The standard InChI is InChI=1S/C20H27N3S.C3H4O/c1-21-19-8-10-20(11-9-19)24-22(2)15-17-6-5-7-18(14-17)16-23-12-3-4-13-23;1-2-3-4/h5-11,14,21H,3-4,12-13,15-16H2,1-2H3;2-3H,1H2. The number of anilines is 1. The minimum Gasteiger partial charge on any atom is -0.388 e. The molecule has 2 aromatic rings. The Morgan fingerprint density at radius 1 is 1.14 bits per heavy atom. The van der Waals surface area contributed by atoms with Crippen molar-refractivity contribution in [1.82, 2.24) is 9.21 Å². The van der Waals surface area contributed by atoms with Gasteiger partial charge in [-0.2, -0.15) is 0 Å². The molecule has 0 radical (unpaired) electrons. The molecule has 2 aromatic carbocycles. The summed E-state index contributed by atoms with van der Waals surface area (Å²) in [5, 5.41) is 3.16. The quantitative estimate of drug-likeness (QED) is 0.392. The van der Waals surface area contributed by atoms with Gasteiger partial charge in [0.15, 0.2) is 0 Å². The number of allylic oxidation sites excluding steroid dienone is 1. The highest BCUT2D eigenvalue weighted by atomic mass is 32.2. The van der Waals surface area contributed by atoms with Crippen molar-refractivity contribution in [3.63, 3.8) is 0 Å². The first-order valence-corrected chi connectivity index (χ1v) is 10.4. The van der Waals surface area contributed by atoms with Gasteiger partial charge in [-0.25, -0.2) is 4.31 Å². The van der Waals surface area contributed by atoms with E-state index in [9.17, 15) is 0 Å². The van der Waals surface area contributed by atoms with Crippen molar-refractivity contribution in [2.24, 2.45) is 0 Å². The molecule has 5 heteroatoms. The minimum absolute atomic E-state index is 0.639. The summed E-state index contributed by atoms with van der Waals surface area (Å²) in [5.74, 6) is 0. The number of rotatable bonds is 8. The third-order valence-electron chi connectivity index (χ3n) is 4.50. The highest BCUT2D eigenvalue weighted by molar-refractivity contribution is 7.97. The van der Waals surface area contributed by atoms with Crippen LogP contribution in [0.3, 0.4) is 0 Å². The number of hydrogen-bond acceptors (Lipinski definition) is 5. The summed E-state index contributed by atoms with van der Waals surface area (Å²) in [5.41, 5.74) is 3.97. The molecule has 1 N–H and O–H groups in total. The number of aldehydes is 1. The van der Waals surface area contributed by atoms with Gasteiger partial charge in [0.1, 0.15) is 6.29 Å². The van der Waals surface area contributed by atoms with Gasteiger partial charge in [0, 0.05) is 30.7 Å². The van der Waals surface area contributed by atoms with Gasteiger partial charge in [-0.1, -0.05) is 30.8 Å². The van der Waals surface area contributed by atoms with E-state index in [1.54, 1.807) is 11.9 Å². The number of nitrogens with zero attached hydrogens (tertiary/aromatic N) is 2. The lowest BCUT2D eigenvalue weighted by atomic mass is 10.1. The van der Waals surface area contributed by atoms with E-state index in [2.05, 4.69) is 76.7 Å². The topological polar surface area (TPSA) is 35.6 Å². The average Bonchev–Trinajstić information content (AvgIpc) is 3.22. The van der Waals surface area contributed by atoms with Gasteiger partial charge in [0.05, 0.1) is 0 Å². The maximum absolute atomic E-state index is 9.06. The smallest absolute Gasteiger partial charge is 0.142 e. The van der Waals surface area contributed by atoms with E-state index in [4.69, 9.17) is 4.79 Å². The first-order chi connectivity index (χ1) is 13.6. The fourth-order valence-electron chi connectivity index (χ4n) is 3.18. The highest BCUT2D eigenvalue weighted by Gasteiger charge is 2.12. The lowest BCUT2D eigenvalue weighted by Crippen LogP contribution is -2.18. The summed E-state index contributed by atoms with van der Waals surface area (Å²) in [7, 11) is 4.10. The normalized spacial score (nSPS) is 13.7. The molecule has 3 rings (SSSR count). The van der Waals surface area contributed by atoms with Crippen LogP contribution in [0.5, 0.6) is 0 Å². The highest BCUT2D eigenvalue weighted by Crippen LogP contribution is 2.24. The molecule has 0 bridgehead atoms. The molecule has 1 heterocycles. The number of likely N-dealkylation sites (tertiary alicyclic amines) is 1. The van der Waals surface area contributed by atoms with Crippen molar-refractivity contribution in [1.29, 1.82) is 0 Å². The Kier molecular flexibility index (Phi) is 9.83. The van der Waals surface area contributed by atoms with Crippen LogP contribution in [-0.2, 0) is 17.9 Å². The molecule has 150 valence electrons. The van der Waals surface area contributed by atoms with Gasteiger partial charge in [-0.15, -0.1) is 0 Å². The molecule has 0 amide bonds. The molecule has 1 saturated heterocycles. The van der Waals surface area contributed by atoms with Crippen molar-refractivity contribution in [3.8, 4) is 0 Å². The first-order valence-electron chi connectivity index (χ1n) is 9.68. The predicted molar refractivity (Wildman–Crippen MR) is 121 cm³/mol. The summed E-state index contributed by atoms with van der Waals surface area (Å²) in [6.45, 7) is 7.66. The summed E-state index contributed by atoms with van der Waals surface area (Å²) < 4.78 is 2.29. The van der Waals surface area contributed by atoms with E-state index in [-0.39, 0.29) is 0 Å². The van der Waals surface area contributed by atoms with Crippen LogP contribution in [0, 0.1) is 0 Å². The maximum Gasteiger partial charge on any atom is 0.142 e. The Labute approximate surface area is 173 Å². The van der Waals surface area contributed by atoms with E-state index < -0.39 is 0 Å². The second-order valence-electron chi connectivity index (χ2n) is 6.83. The molecule has 28 heavy (non-hydrogen) atoms. The Morgan fingerprint density at radius 2 is 1.79 bits per heavy atom. The van der Waals surface area contributed by atoms with Crippen LogP contribution in [0.15, 0.2) is 66.1 Å². The van der Waals surface area contributed by atoms with Gasteiger partial charge >= 0.3 is 0 Å². The average molecular weight is 398 g/mol. The van der Waals surface area contributed by atoms with Crippen LogP contribution in [-0.4, -0.2) is 42.7 Å². The van der Waals surface area contributed by atoms with Gasteiger partial charge in [-0.05, 0) is 86.4 Å². The van der Waals surface area contributed by atoms with Crippen molar-refractivity contribution >= 4 is 23.9 Å². The summed E-state index contributed by atoms with van der Waals surface area (Å²) in [6, 6.07) is 17.6. The second kappa shape index (κ2) is 12.4. The lowest BCUT2D eigenvalue weighted by molar-refractivity contribution is -0.104. The molecular weight excluding hydrogens is 366 g/mol. The zero-order valence-corrected chi connectivity index (χ0v) is 17.8. The van der Waals surface area contributed by atoms with Crippen LogP contribution in [0.25, 0.3) is 0 Å². The first kappa shape index (κ1) is 22.2. The molecule has 1 aliphatic rings. The number of carbonyl (C=O) groups is 1. The van der Waals surface area contributed by atoms with Gasteiger partial charge in [0.25, 0.3) is 0 Å². The van der Waals surface area contributed by atoms with Gasteiger partial charge in [-0.3, -0.25) is 9.69 Å². The lowest BCUT2D eigenvalue weighted by Gasteiger charge is -2.18. The monoisotopic (exact) mass is 397 g/mol. The van der Waals surface area contributed by atoms with E-state index in [1.165, 1.54) is 48.0 Å². The molecule has 0 aromatic heterocycles. The number of carbonyl (C=O) groups excluding carboxylic acids is 1. The molecular formula is C23H31N3OS. The van der Waals surface area contributed by atoms with Crippen molar-refractivity contribution in [2.45, 2.75) is 30.8 Å². The largest absolute Gasteiger partial charge is 0.388 e. The van der Waals surface area contributed by atoms with Gasteiger partial charge in [0.2, 0.25) is 0 Å². The molecule has 0 spiro atoms. The summed E-state index contributed by atoms with van der Waals surface area (Å²) in [6.07, 6.45) is 4.54. The molecule has 0 unspecified atom stereocenters. The zero-order chi connectivity index (χ0) is 20.2. The summed E-state index contributed by atoms with van der Waals surface area (Å²) >= 11 is 1.79. The Bertz CT molecular complexity index is 721. The zero-order valence-electron chi connectivity index (χ0n) is 16.9. The van der Waals surface area contributed by atoms with E-state index in [0.29, 0.717) is 6.29 Å². The van der Waals surface area contributed by atoms with Gasteiger partial charge < -0.3 is 5.32 Å². The fraction of sp³-hybridized carbons (Fsp3) is 0.348. The fourth-order valence-corrected chi connectivity index (χ4v) is 4.01. The SMILES string of the molecule is C=CC=O.CNc1ccc(SN(C)Cc2cccc(CN3CCCC3)c2)cc1. The number of nitrogens with one attached hydrogen (secondary N) is 1. The van der Waals surface area contributed by atoms with Crippen LogP contribution in [0.1, 0.15) is 24.0 Å². The number of benzene rings is 2. The molecule has 1 aliphatic heterocycles.